The molecule has 1 saturated heterocycles. The monoisotopic (exact) mass is 627 g/mol. The van der Waals surface area contributed by atoms with Gasteiger partial charge in [0, 0.05) is 6.92 Å². The molecule has 2 rings (SSSR count). The van der Waals surface area contributed by atoms with Gasteiger partial charge >= 0.3 is 15.6 Å². The predicted molar refractivity (Wildman–Crippen MR) is 147 cm³/mol. The first-order valence-electron chi connectivity index (χ1n) is 13.7. The molecule has 16 heteroatoms. The number of hydrogen-bond acceptors (Lipinski definition) is 11. The van der Waals surface area contributed by atoms with Crippen molar-refractivity contribution in [2.24, 2.45) is 0 Å². The van der Waals surface area contributed by atoms with E-state index >= 15 is 0 Å². The molecule has 1 fully saturated rings. The number of unbranched alkanes of at least 4 members (excludes halogenated alkanes) is 8. The summed E-state index contributed by atoms with van der Waals surface area (Å²) in [6, 6.07) is 8.14. The largest absolute Gasteiger partial charge is 0.494 e. The molecule has 0 aliphatic carbocycles. The fourth-order valence-corrected chi connectivity index (χ4v) is 6.38. The van der Waals surface area contributed by atoms with Gasteiger partial charge in [-0.15, -0.1) is 0 Å². The molecular weight excluding hydrogens is 584 g/mol. The van der Waals surface area contributed by atoms with E-state index in [4.69, 9.17) is 18.5 Å². The third kappa shape index (κ3) is 14.1. The maximum atomic E-state index is 12.4. The van der Waals surface area contributed by atoms with Gasteiger partial charge in [-0.05, 0) is 25.0 Å². The smallest absolute Gasteiger partial charge is 0.483 e. The molecule has 2 unspecified atom stereocenters. The molecule has 0 saturated carbocycles. The average molecular weight is 628 g/mol. The third-order valence-electron chi connectivity index (χ3n) is 6.25. The Bertz CT molecular complexity index is 986. The first-order chi connectivity index (χ1) is 19.4. The van der Waals surface area contributed by atoms with Gasteiger partial charge in [-0.2, -0.15) is 4.31 Å². The summed E-state index contributed by atoms with van der Waals surface area (Å²) in [7, 11) is -10.4. The molecule has 41 heavy (non-hydrogen) atoms. The van der Waals surface area contributed by atoms with Crippen molar-refractivity contribution in [2.75, 3.05) is 19.8 Å². The van der Waals surface area contributed by atoms with Crippen LogP contribution in [-0.4, -0.2) is 81.5 Å². The van der Waals surface area contributed by atoms with Gasteiger partial charge in [-0.3, -0.25) is 13.8 Å². The van der Waals surface area contributed by atoms with Crippen molar-refractivity contribution in [1.82, 2.24) is 5.32 Å². The Labute approximate surface area is 240 Å². The fourth-order valence-electron chi connectivity index (χ4n) is 4.19. The highest BCUT2D eigenvalue weighted by Crippen LogP contribution is 2.61. The first-order valence-corrected chi connectivity index (χ1v) is 16.7. The molecule has 14 nitrogen and oxygen atoms in total. The predicted octanol–water partition coefficient (Wildman–Crippen LogP) is 2.77. The Hall–Kier alpha value is -1.41. The molecule has 1 aliphatic heterocycles. The number of hydrogen-bond donors (Lipinski definition) is 6. The quantitative estimate of drug-likeness (QED) is 0.0908. The van der Waals surface area contributed by atoms with Crippen LogP contribution in [0, 0.1) is 0 Å². The molecule has 1 aromatic carbocycles. The zero-order chi connectivity index (χ0) is 30.3. The van der Waals surface area contributed by atoms with E-state index < -0.39 is 58.8 Å². The van der Waals surface area contributed by atoms with Crippen LogP contribution in [0.3, 0.4) is 0 Å². The Morgan fingerprint density at radius 3 is 2.00 bits per heavy atom. The summed E-state index contributed by atoms with van der Waals surface area (Å²) < 4.78 is 49.2. The van der Waals surface area contributed by atoms with E-state index in [1.165, 1.54) is 0 Å². The van der Waals surface area contributed by atoms with E-state index in [1.807, 2.05) is 30.3 Å². The van der Waals surface area contributed by atoms with E-state index in [1.54, 1.807) is 0 Å². The minimum Gasteiger partial charge on any atom is -0.494 e. The molecule has 1 aliphatic rings. The van der Waals surface area contributed by atoms with Crippen LogP contribution >= 0.6 is 15.6 Å². The Morgan fingerprint density at radius 1 is 0.878 bits per heavy atom. The number of para-hydroxylation sites is 1. The van der Waals surface area contributed by atoms with E-state index in [9.17, 15) is 39.0 Å². The molecule has 0 radical (unpaired) electrons. The van der Waals surface area contributed by atoms with Crippen LogP contribution in [0.2, 0.25) is 0 Å². The molecule has 1 aromatic rings. The Kier molecular flexibility index (Phi) is 16.0. The zero-order valence-electron chi connectivity index (χ0n) is 23.2. The van der Waals surface area contributed by atoms with Crippen LogP contribution in [0.25, 0.3) is 0 Å². The van der Waals surface area contributed by atoms with Gasteiger partial charge in [0.25, 0.3) is 0 Å². The van der Waals surface area contributed by atoms with Crippen molar-refractivity contribution >= 4 is 21.6 Å². The van der Waals surface area contributed by atoms with Gasteiger partial charge in [-0.25, -0.2) is 9.13 Å². The maximum absolute atomic E-state index is 12.4. The number of benzene rings is 1. The summed E-state index contributed by atoms with van der Waals surface area (Å²) in [6.45, 7) is 0.767. The lowest BCUT2D eigenvalue weighted by atomic mass is 9.97. The number of carbonyl (C=O) groups is 1. The van der Waals surface area contributed by atoms with Crippen molar-refractivity contribution in [3.05, 3.63) is 30.3 Å². The molecule has 7 atom stereocenters. The number of phosphoric ester groups is 2. The summed E-state index contributed by atoms with van der Waals surface area (Å²) in [5, 5.41) is 31.7. The molecule has 0 aromatic heterocycles. The molecular formula is C25H43NO13P2. The van der Waals surface area contributed by atoms with Gasteiger partial charge < -0.3 is 39.9 Å². The minimum atomic E-state index is -5.34. The number of aliphatic hydroxyl groups is 3. The standard InChI is InChI=1S/C25H43NO13P2/c1-19(28)26-22-24(30)23(29)21(18-27)37-25(22)38-41(33,34)39-40(31,32)36-17-13-8-6-4-2-3-5-7-12-16-35-20-14-10-9-11-15-20/h9-11,14-15,21-25,27,29-30H,2-8,12-13,16-18H2,1H3,(H,26,28)(H,31,32)(H,33,34)/t21-,22-,23-,24-,25-/m1/s1. The SMILES string of the molecule is CC(=O)N[C@H]1[C@@H](OP(=O)(O)OP(=O)(O)OCCCCCCCCCCCOc2ccccc2)O[C@H](CO)[C@@H](O)[C@@H]1O. The second kappa shape index (κ2) is 18.3. The topological polar surface area (TPSA) is 211 Å². The number of ether oxygens (including phenoxy) is 2. The fraction of sp³-hybridized carbons (Fsp3) is 0.720. The summed E-state index contributed by atoms with van der Waals surface area (Å²) in [6.07, 6.45) is 1.65. The van der Waals surface area contributed by atoms with Crippen molar-refractivity contribution in [1.29, 1.82) is 0 Å². The van der Waals surface area contributed by atoms with Crippen molar-refractivity contribution < 1.29 is 61.9 Å². The highest BCUT2D eigenvalue weighted by atomic mass is 31.3. The first kappa shape index (κ1) is 35.8. The van der Waals surface area contributed by atoms with E-state index in [2.05, 4.69) is 9.63 Å². The van der Waals surface area contributed by atoms with Crippen LogP contribution in [0.5, 0.6) is 5.75 Å². The van der Waals surface area contributed by atoms with Crippen LogP contribution in [-0.2, 0) is 32.0 Å². The molecule has 0 spiro atoms. The van der Waals surface area contributed by atoms with Crippen LogP contribution in [0.1, 0.15) is 64.7 Å². The van der Waals surface area contributed by atoms with E-state index in [0.717, 1.165) is 64.0 Å². The van der Waals surface area contributed by atoms with Gasteiger partial charge in [0.05, 0.1) is 19.8 Å². The summed E-state index contributed by atoms with van der Waals surface area (Å²) in [4.78, 5) is 31.3. The van der Waals surface area contributed by atoms with Crippen molar-refractivity contribution in [3.8, 4) is 5.75 Å². The number of phosphoric acid groups is 2. The average Bonchev–Trinajstić information content (AvgIpc) is 2.90. The Morgan fingerprint density at radius 2 is 1.44 bits per heavy atom. The Balaban J connectivity index is 1.60. The highest BCUT2D eigenvalue weighted by molar-refractivity contribution is 7.61. The summed E-state index contributed by atoms with van der Waals surface area (Å²) in [5.74, 6) is 0.180. The molecule has 236 valence electrons. The van der Waals surface area contributed by atoms with Gasteiger partial charge in [-0.1, -0.05) is 63.1 Å². The van der Waals surface area contributed by atoms with E-state index in [0.29, 0.717) is 13.0 Å². The minimum absolute atomic E-state index is 0.207. The second-order valence-electron chi connectivity index (χ2n) is 9.73. The molecule has 1 heterocycles. The number of rotatable bonds is 20. The third-order valence-corrected chi connectivity index (χ3v) is 8.88. The summed E-state index contributed by atoms with van der Waals surface area (Å²) in [5.41, 5.74) is 0. The summed E-state index contributed by atoms with van der Waals surface area (Å²) >= 11 is 0. The lowest BCUT2D eigenvalue weighted by Crippen LogP contribution is -2.64. The zero-order valence-corrected chi connectivity index (χ0v) is 24.9. The normalized spacial score (nSPS) is 25.7. The number of nitrogens with one attached hydrogen (secondary N) is 1. The molecule has 0 bridgehead atoms. The van der Waals surface area contributed by atoms with Gasteiger partial charge in [0.1, 0.15) is 30.1 Å². The number of amides is 1. The van der Waals surface area contributed by atoms with Gasteiger partial charge in [0.15, 0.2) is 6.29 Å². The number of aliphatic hydroxyl groups excluding tert-OH is 3. The van der Waals surface area contributed by atoms with Crippen LogP contribution in [0.15, 0.2) is 30.3 Å². The van der Waals surface area contributed by atoms with Gasteiger partial charge in [0.2, 0.25) is 5.91 Å². The maximum Gasteiger partial charge on any atom is 0.483 e. The number of carbonyl (C=O) groups excluding carboxylic acids is 1. The molecule has 1 amide bonds. The lowest BCUT2D eigenvalue weighted by Gasteiger charge is -2.42. The van der Waals surface area contributed by atoms with Crippen molar-refractivity contribution in [2.45, 2.75) is 95.4 Å². The van der Waals surface area contributed by atoms with Crippen molar-refractivity contribution in [3.63, 3.8) is 0 Å². The second-order valence-corrected chi connectivity index (χ2v) is 12.7. The molecule has 6 N–H and O–H groups in total. The highest BCUT2D eigenvalue weighted by Gasteiger charge is 2.49. The van der Waals surface area contributed by atoms with Crippen LogP contribution < -0.4 is 10.1 Å². The van der Waals surface area contributed by atoms with E-state index in [-0.39, 0.29) is 6.61 Å². The van der Waals surface area contributed by atoms with Crippen LogP contribution in [0.4, 0.5) is 0 Å². The lowest BCUT2D eigenvalue weighted by molar-refractivity contribution is -0.247.